The summed E-state index contributed by atoms with van der Waals surface area (Å²) in [4.78, 5) is 24.7. The van der Waals surface area contributed by atoms with Gasteiger partial charge in [0.1, 0.15) is 0 Å². The molecule has 0 heterocycles. The number of urea groups is 1. The van der Waals surface area contributed by atoms with E-state index in [1.807, 2.05) is 0 Å². The number of hydrogen-bond donors (Lipinski definition) is 2. The summed E-state index contributed by atoms with van der Waals surface area (Å²) in [5.41, 5.74) is 7.24. The van der Waals surface area contributed by atoms with Crippen molar-refractivity contribution < 1.29 is 9.59 Å². The zero-order valence-corrected chi connectivity index (χ0v) is 14.6. The lowest BCUT2D eigenvalue weighted by Crippen LogP contribution is -2.28. The van der Waals surface area contributed by atoms with Crippen molar-refractivity contribution in [1.82, 2.24) is 10.2 Å². The van der Waals surface area contributed by atoms with E-state index in [0.717, 1.165) is 11.1 Å². The molecule has 0 aliphatic heterocycles. The number of carbonyl (C=O) groups excluding carboxylic acids is 2. The van der Waals surface area contributed by atoms with Crippen LogP contribution in [0.2, 0.25) is 10.0 Å². The summed E-state index contributed by atoms with van der Waals surface area (Å²) < 4.78 is 0. The molecule has 2 aromatic carbocycles. The van der Waals surface area contributed by atoms with Gasteiger partial charge in [-0.15, -0.1) is 0 Å². The summed E-state index contributed by atoms with van der Waals surface area (Å²) in [6.45, 7) is 0.694. The summed E-state index contributed by atoms with van der Waals surface area (Å²) in [6.07, 6.45) is 0. The Hall–Kier alpha value is -2.24. The Kier molecular flexibility index (Phi) is 6.06. The van der Waals surface area contributed by atoms with E-state index < -0.39 is 6.03 Å². The fourth-order valence-electron chi connectivity index (χ4n) is 2.15. The minimum Gasteiger partial charge on any atom is -0.352 e. The minimum atomic E-state index is -0.588. The van der Waals surface area contributed by atoms with Gasteiger partial charge in [-0.3, -0.25) is 4.79 Å². The van der Waals surface area contributed by atoms with E-state index in [-0.39, 0.29) is 5.91 Å². The van der Waals surface area contributed by atoms with Gasteiger partial charge < -0.3 is 16.0 Å². The Morgan fingerprint density at radius 2 is 1.79 bits per heavy atom. The molecule has 126 valence electrons. The van der Waals surface area contributed by atoms with Gasteiger partial charge in [0.25, 0.3) is 5.91 Å². The van der Waals surface area contributed by atoms with Gasteiger partial charge in [0, 0.05) is 35.7 Å². The van der Waals surface area contributed by atoms with Crippen LogP contribution in [-0.4, -0.2) is 23.9 Å². The molecule has 3 amide bonds. The highest BCUT2D eigenvalue weighted by Gasteiger charge is 2.13. The molecule has 0 aliphatic rings. The Bertz CT molecular complexity index is 748. The average molecular weight is 366 g/mol. The van der Waals surface area contributed by atoms with Crippen LogP contribution in [0.5, 0.6) is 0 Å². The van der Waals surface area contributed by atoms with Crippen LogP contribution in [0.15, 0.2) is 42.5 Å². The van der Waals surface area contributed by atoms with Gasteiger partial charge in [0.05, 0.1) is 0 Å². The molecule has 0 fully saturated rings. The molecule has 0 atom stereocenters. The van der Waals surface area contributed by atoms with Crippen LogP contribution < -0.4 is 11.1 Å². The molecular weight excluding hydrogens is 349 g/mol. The van der Waals surface area contributed by atoms with Crippen LogP contribution in [0.1, 0.15) is 21.5 Å². The fraction of sp³-hybridized carbons (Fsp3) is 0.176. The first-order chi connectivity index (χ1) is 11.4. The van der Waals surface area contributed by atoms with Gasteiger partial charge >= 0.3 is 6.03 Å². The highest BCUT2D eigenvalue weighted by atomic mass is 35.5. The maximum atomic E-state index is 12.5. The smallest absolute Gasteiger partial charge is 0.312 e. The maximum absolute atomic E-state index is 12.5. The van der Waals surface area contributed by atoms with Crippen LogP contribution in [-0.2, 0) is 13.1 Å². The second-order valence-corrected chi connectivity index (χ2v) is 6.16. The number of nitrogens with one attached hydrogen (secondary N) is 1. The van der Waals surface area contributed by atoms with Gasteiger partial charge in [-0.25, -0.2) is 4.79 Å². The second-order valence-electron chi connectivity index (χ2n) is 5.31. The molecule has 0 bridgehead atoms. The van der Waals surface area contributed by atoms with Crippen molar-refractivity contribution in [3.8, 4) is 0 Å². The third-order valence-electron chi connectivity index (χ3n) is 3.44. The van der Waals surface area contributed by atoms with Crippen LogP contribution in [0.3, 0.4) is 0 Å². The van der Waals surface area contributed by atoms with Crippen molar-refractivity contribution in [2.75, 3.05) is 7.05 Å². The Balaban J connectivity index is 2.03. The number of carbonyl (C=O) groups is 2. The molecule has 24 heavy (non-hydrogen) atoms. The average Bonchev–Trinajstić information content (AvgIpc) is 2.55. The third-order valence-corrected chi connectivity index (χ3v) is 4.02. The van der Waals surface area contributed by atoms with Crippen LogP contribution in [0.25, 0.3) is 0 Å². The number of benzene rings is 2. The van der Waals surface area contributed by atoms with Crippen molar-refractivity contribution in [3.63, 3.8) is 0 Å². The van der Waals surface area contributed by atoms with Crippen LogP contribution in [0, 0.1) is 0 Å². The molecule has 5 nitrogen and oxygen atoms in total. The van der Waals surface area contributed by atoms with Crippen molar-refractivity contribution in [2.45, 2.75) is 13.1 Å². The molecule has 0 spiro atoms. The van der Waals surface area contributed by atoms with E-state index in [4.69, 9.17) is 28.9 Å². The molecule has 0 saturated carbocycles. The zero-order valence-electron chi connectivity index (χ0n) is 13.1. The topological polar surface area (TPSA) is 75.4 Å². The van der Waals surface area contributed by atoms with E-state index in [2.05, 4.69) is 5.32 Å². The molecule has 0 aliphatic carbocycles. The summed E-state index contributed by atoms with van der Waals surface area (Å²) in [7, 11) is 1.70. The summed E-state index contributed by atoms with van der Waals surface area (Å²) in [5.74, 6) is -0.129. The summed E-state index contributed by atoms with van der Waals surface area (Å²) >= 11 is 12.0. The number of amides is 3. The first-order valence-corrected chi connectivity index (χ1v) is 7.94. The van der Waals surface area contributed by atoms with Gasteiger partial charge in [-0.05, 0) is 35.4 Å². The Morgan fingerprint density at radius 1 is 1.12 bits per heavy atom. The SMILES string of the molecule is CN(Cc1ccc(Cl)cc1Cl)C(=O)c1ccc(CNC(N)=O)cc1. The number of rotatable bonds is 5. The second kappa shape index (κ2) is 8.04. The normalized spacial score (nSPS) is 10.3. The van der Waals surface area contributed by atoms with E-state index in [1.165, 1.54) is 0 Å². The summed E-state index contributed by atoms with van der Waals surface area (Å²) in [6, 6.07) is 11.6. The predicted octanol–water partition coefficient (Wildman–Crippen LogP) is 3.43. The monoisotopic (exact) mass is 365 g/mol. The molecule has 3 N–H and O–H groups in total. The van der Waals surface area contributed by atoms with Crippen molar-refractivity contribution in [2.24, 2.45) is 5.73 Å². The number of halogens is 2. The van der Waals surface area contributed by atoms with Gasteiger partial charge in [0.2, 0.25) is 0 Å². The molecule has 0 radical (unpaired) electrons. The first-order valence-electron chi connectivity index (χ1n) is 7.18. The zero-order chi connectivity index (χ0) is 17.7. The summed E-state index contributed by atoms with van der Waals surface area (Å²) in [5, 5.41) is 3.57. The largest absolute Gasteiger partial charge is 0.352 e. The van der Waals surface area contributed by atoms with Crippen LogP contribution >= 0.6 is 23.2 Å². The third kappa shape index (κ3) is 4.88. The van der Waals surface area contributed by atoms with Crippen molar-refractivity contribution in [1.29, 1.82) is 0 Å². The lowest BCUT2D eigenvalue weighted by atomic mass is 10.1. The number of hydrogen-bond acceptors (Lipinski definition) is 2. The molecular formula is C17H17Cl2N3O2. The predicted molar refractivity (Wildman–Crippen MR) is 95.1 cm³/mol. The fourth-order valence-corrected chi connectivity index (χ4v) is 2.62. The van der Waals surface area contributed by atoms with Crippen molar-refractivity contribution in [3.05, 3.63) is 69.2 Å². The number of nitrogens with zero attached hydrogens (tertiary/aromatic N) is 1. The lowest BCUT2D eigenvalue weighted by Gasteiger charge is -2.18. The molecule has 0 unspecified atom stereocenters. The lowest BCUT2D eigenvalue weighted by molar-refractivity contribution is 0.0785. The quantitative estimate of drug-likeness (QED) is 0.851. The highest BCUT2D eigenvalue weighted by molar-refractivity contribution is 6.35. The van der Waals surface area contributed by atoms with Crippen molar-refractivity contribution >= 4 is 35.1 Å². The Morgan fingerprint density at radius 3 is 2.38 bits per heavy atom. The minimum absolute atomic E-state index is 0.129. The van der Waals surface area contributed by atoms with Crippen LogP contribution in [0.4, 0.5) is 4.79 Å². The Labute approximate surface area is 150 Å². The van der Waals surface area contributed by atoms with Gasteiger partial charge in [-0.2, -0.15) is 0 Å². The molecule has 7 heteroatoms. The molecule has 2 aromatic rings. The maximum Gasteiger partial charge on any atom is 0.312 e. The highest BCUT2D eigenvalue weighted by Crippen LogP contribution is 2.22. The molecule has 2 rings (SSSR count). The van der Waals surface area contributed by atoms with E-state index in [1.54, 1.807) is 54.4 Å². The van der Waals surface area contributed by atoms with Gasteiger partial charge in [0.15, 0.2) is 0 Å². The molecule has 0 saturated heterocycles. The number of primary amides is 1. The molecule has 0 aromatic heterocycles. The number of nitrogens with two attached hydrogens (primary N) is 1. The van der Waals surface area contributed by atoms with E-state index in [0.29, 0.717) is 28.7 Å². The van der Waals surface area contributed by atoms with Gasteiger partial charge in [-0.1, -0.05) is 41.4 Å². The first kappa shape index (κ1) is 18.1. The standard InChI is InChI=1S/C17H17Cl2N3O2/c1-22(10-13-6-7-14(18)8-15(13)19)16(23)12-4-2-11(3-5-12)9-21-17(20)24/h2-8H,9-10H2,1H3,(H3,20,21,24). The van der Waals surface area contributed by atoms with E-state index in [9.17, 15) is 9.59 Å². The van der Waals surface area contributed by atoms with E-state index >= 15 is 0 Å².